The van der Waals surface area contributed by atoms with Crippen LogP contribution in [0.3, 0.4) is 0 Å². The second kappa shape index (κ2) is 7.43. The number of fused-ring (bicyclic) bond motifs is 1. The Morgan fingerprint density at radius 1 is 1.07 bits per heavy atom. The number of aryl methyl sites for hydroxylation is 2. The number of amides is 1. The summed E-state index contributed by atoms with van der Waals surface area (Å²) in [6, 6.07) is 13.0. The molecule has 0 saturated carbocycles. The summed E-state index contributed by atoms with van der Waals surface area (Å²) < 4.78 is 28.3. The standard InChI is InChI=1S/C22H18F2N4O/c1-13-3-5-15(6-4-13)17-9-10-25-22-21(17)14(2)27-28(22)12-20(29)26-19-8-7-16(23)11-18(19)24/h3-11H,12H2,1-2H3,(H,26,29). The maximum absolute atomic E-state index is 13.8. The van der Waals surface area contributed by atoms with Gasteiger partial charge in [0.2, 0.25) is 5.91 Å². The fourth-order valence-corrected chi connectivity index (χ4v) is 3.28. The molecule has 7 heteroatoms. The molecule has 0 aliphatic heterocycles. The van der Waals surface area contributed by atoms with E-state index in [2.05, 4.69) is 15.4 Å². The normalized spacial score (nSPS) is 11.0. The van der Waals surface area contributed by atoms with E-state index in [0.29, 0.717) is 5.65 Å². The lowest BCUT2D eigenvalue weighted by Crippen LogP contribution is -2.20. The third kappa shape index (κ3) is 3.71. The Morgan fingerprint density at radius 2 is 1.83 bits per heavy atom. The minimum Gasteiger partial charge on any atom is -0.322 e. The van der Waals surface area contributed by atoms with Gasteiger partial charge in [-0.2, -0.15) is 5.10 Å². The summed E-state index contributed by atoms with van der Waals surface area (Å²) in [5, 5.41) is 7.75. The van der Waals surface area contributed by atoms with Crippen molar-refractivity contribution in [3.05, 3.63) is 77.6 Å². The number of aromatic nitrogens is 3. The van der Waals surface area contributed by atoms with Gasteiger partial charge >= 0.3 is 0 Å². The molecule has 0 saturated heterocycles. The zero-order valence-corrected chi connectivity index (χ0v) is 15.9. The number of rotatable bonds is 4. The summed E-state index contributed by atoms with van der Waals surface area (Å²) in [6.07, 6.45) is 1.67. The lowest BCUT2D eigenvalue weighted by molar-refractivity contribution is -0.116. The number of hydrogen-bond acceptors (Lipinski definition) is 3. The first-order valence-corrected chi connectivity index (χ1v) is 9.06. The van der Waals surface area contributed by atoms with Crippen molar-refractivity contribution in [1.29, 1.82) is 0 Å². The van der Waals surface area contributed by atoms with Crippen LogP contribution in [-0.4, -0.2) is 20.7 Å². The second-order valence-electron chi connectivity index (χ2n) is 6.84. The highest BCUT2D eigenvalue weighted by molar-refractivity contribution is 5.96. The van der Waals surface area contributed by atoms with E-state index in [1.54, 1.807) is 6.20 Å². The van der Waals surface area contributed by atoms with Crippen LogP contribution < -0.4 is 5.32 Å². The zero-order chi connectivity index (χ0) is 20.5. The summed E-state index contributed by atoms with van der Waals surface area (Å²) in [4.78, 5) is 16.8. The van der Waals surface area contributed by atoms with Crippen LogP contribution in [0.5, 0.6) is 0 Å². The van der Waals surface area contributed by atoms with Crippen LogP contribution in [0.25, 0.3) is 22.2 Å². The van der Waals surface area contributed by atoms with Gasteiger partial charge in [-0.1, -0.05) is 29.8 Å². The number of anilines is 1. The van der Waals surface area contributed by atoms with Crippen LogP contribution in [-0.2, 0) is 11.3 Å². The number of halogens is 2. The fraction of sp³-hybridized carbons (Fsp3) is 0.136. The third-order valence-corrected chi connectivity index (χ3v) is 4.67. The summed E-state index contributed by atoms with van der Waals surface area (Å²) in [5.74, 6) is -2.02. The quantitative estimate of drug-likeness (QED) is 0.551. The number of carbonyl (C=O) groups is 1. The smallest absolute Gasteiger partial charge is 0.246 e. The van der Waals surface area contributed by atoms with Crippen LogP contribution in [0.15, 0.2) is 54.7 Å². The molecule has 0 unspecified atom stereocenters. The molecule has 0 radical (unpaired) electrons. The minimum absolute atomic E-state index is 0.0853. The Kier molecular flexibility index (Phi) is 4.80. The third-order valence-electron chi connectivity index (χ3n) is 4.67. The van der Waals surface area contributed by atoms with Gasteiger partial charge in [0.05, 0.1) is 11.4 Å². The molecular formula is C22H18F2N4O. The van der Waals surface area contributed by atoms with Crippen molar-refractivity contribution >= 4 is 22.6 Å². The van der Waals surface area contributed by atoms with Crippen molar-refractivity contribution in [2.45, 2.75) is 20.4 Å². The summed E-state index contributed by atoms with van der Waals surface area (Å²) >= 11 is 0. The molecule has 5 nitrogen and oxygen atoms in total. The number of nitrogens with zero attached hydrogens (tertiary/aromatic N) is 3. The largest absolute Gasteiger partial charge is 0.322 e. The van der Waals surface area contributed by atoms with E-state index < -0.39 is 17.5 Å². The van der Waals surface area contributed by atoms with Crippen LogP contribution in [0.4, 0.5) is 14.5 Å². The molecule has 0 spiro atoms. The number of hydrogen-bond donors (Lipinski definition) is 1. The van der Waals surface area contributed by atoms with Gasteiger partial charge < -0.3 is 5.32 Å². The summed E-state index contributed by atoms with van der Waals surface area (Å²) in [5.41, 5.74) is 4.39. The first-order chi connectivity index (χ1) is 13.9. The van der Waals surface area contributed by atoms with E-state index in [1.807, 2.05) is 44.2 Å². The first kappa shape index (κ1) is 18.7. The van der Waals surface area contributed by atoms with Crippen molar-refractivity contribution in [2.75, 3.05) is 5.32 Å². The molecule has 146 valence electrons. The predicted octanol–water partition coefficient (Wildman–Crippen LogP) is 4.63. The van der Waals surface area contributed by atoms with Gasteiger partial charge in [-0.05, 0) is 43.2 Å². The number of nitrogens with one attached hydrogen (secondary N) is 1. The van der Waals surface area contributed by atoms with Gasteiger partial charge in [-0.3, -0.25) is 4.79 Å². The molecular weight excluding hydrogens is 374 g/mol. The van der Waals surface area contributed by atoms with Gasteiger partial charge in [0.25, 0.3) is 0 Å². The highest BCUT2D eigenvalue weighted by Gasteiger charge is 2.16. The lowest BCUT2D eigenvalue weighted by Gasteiger charge is -2.08. The molecule has 0 fully saturated rings. The van der Waals surface area contributed by atoms with E-state index in [9.17, 15) is 13.6 Å². The Balaban J connectivity index is 1.66. The van der Waals surface area contributed by atoms with E-state index in [-0.39, 0.29) is 12.2 Å². The van der Waals surface area contributed by atoms with E-state index in [4.69, 9.17) is 0 Å². The van der Waals surface area contributed by atoms with Crippen LogP contribution in [0, 0.1) is 25.5 Å². The van der Waals surface area contributed by atoms with Gasteiger partial charge in [0, 0.05) is 17.6 Å². The monoisotopic (exact) mass is 392 g/mol. The fourth-order valence-electron chi connectivity index (χ4n) is 3.28. The lowest BCUT2D eigenvalue weighted by atomic mass is 10.0. The molecule has 29 heavy (non-hydrogen) atoms. The summed E-state index contributed by atoms with van der Waals surface area (Å²) in [6.45, 7) is 3.74. The Labute approximate surface area is 166 Å². The molecule has 1 amide bonds. The van der Waals surface area contributed by atoms with Crippen LogP contribution in [0.1, 0.15) is 11.3 Å². The van der Waals surface area contributed by atoms with Gasteiger partial charge in [0.15, 0.2) is 5.65 Å². The zero-order valence-electron chi connectivity index (χ0n) is 15.9. The molecule has 0 aliphatic rings. The predicted molar refractivity (Wildman–Crippen MR) is 107 cm³/mol. The van der Waals surface area contributed by atoms with Crippen LogP contribution >= 0.6 is 0 Å². The van der Waals surface area contributed by atoms with Crippen molar-refractivity contribution in [3.8, 4) is 11.1 Å². The van der Waals surface area contributed by atoms with Crippen molar-refractivity contribution in [1.82, 2.24) is 14.8 Å². The molecule has 2 heterocycles. The molecule has 4 aromatic rings. The average Bonchev–Trinajstić information content (AvgIpc) is 3.00. The molecule has 4 rings (SSSR count). The van der Waals surface area contributed by atoms with Gasteiger partial charge in [-0.15, -0.1) is 0 Å². The maximum Gasteiger partial charge on any atom is 0.246 e. The highest BCUT2D eigenvalue weighted by atomic mass is 19.1. The van der Waals surface area contributed by atoms with E-state index in [1.165, 1.54) is 10.7 Å². The molecule has 1 N–H and O–H groups in total. The van der Waals surface area contributed by atoms with Crippen LogP contribution in [0.2, 0.25) is 0 Å². The van der Waals surface area contributed by atoms with E-state index in [0.717, 1.165) is 39.9 Å². The van der Waals surface area contributed by atoms with Crippen molar-refractivity contribution in [3.63, 3.8) is 0 Å². The average molecular weight is 392 g/mol. The van der Waals surface area contributed by atoms with Gasteiger partial charge in [0.1, 0.15) is 18.2 Å². The van der Waals surface area contributed by atoms with Crippen molar-refractivity contribution < 1.29 is 13.6 Å². The first-order valence-electron chi connectivity index (χ1n) is 9.06. The number of benzene rings is 2. The Morgan fingerprint density at radius 3 is 2.55 bits per heavy atom. The molecule has 2 aromatic heterocycles. The number of carbonyl (C=O) groups excluding carboxylic acids is 1. The van der Waals surface area contributed by atoms with Gasteiger partial charge in [-0.25, -0.2) is 18.4 Å². The Hall–Kier alpha value is -3.61. The second-order valence-corrected chi connectivity index (χ2v) is 6.84. The Bertz CT molecular complexity index is 1220. The molecule has 2 aromatic carbocycles. The number of pyridine rings is 1. The topological polar surface area (TPSA) is 59.8 Å². The molecule has 0 bridgehead atoms. The minimum atomic E-state index is -0.834. The molecule has 0 aliphatic carbocycles. The SMILES string of the molecule is Cc1ccc(-c2ccnc3c2c(C)nn3CC(=O)Nc2ccc(F)cc2F)cc1. The maximum atomic E-state index is 13.8. The highest BCUT2D eigenvalue weighted by Crippen LogP contribution is 2.30. The molecule has 0 atom stereocenters. The van der Waals surface area contributed by atoms with Crippen molar-refractivity contribution in [2.24, 2.45) is 0 Å². The summed E-state index contributed by atoms with van der Waals surface area (Å²) in [7, 11) is 0. The van der Waals surface area contributed by atoms with E-state index >= 15 is 0 Å².